The second kappa shape index (κ2) is 8.87. The first-order valence-corrected chi connectivity index (χ1v) is 9.19. The Morgan fingerprint density at radius 1 is 1.28 bits per heavy atom. The molecule has 0 radical (unpaired) electrons. The van der Waals surface area contributed by atoms with Gasteiger partial charge in [0.05, 0.1) is 13.1 Å². The molecule has 29 heavy (non-hydrogen) atoms. The van der Waals surface area contributed by atoms with Crippen molar-refractivity contribution >= 4 is 29.5 Å². The van der Waals surface area contributed by atoms with E-state index in [1.807, 2.05) is 25.1 Å². The molecule has 1 saturated heterocycles. The molecule has 1 aromatic heterocycles. The molecule has 1 aliphatic rings. The number of halogens is 2. The molecule has 2 aromatic rings. The lowest BCUT2D eigenvalue weighted by Crippen LogP contribution is -2.55. The van der Waals surface area contributed by atoms with Crippen molar-refractivity contribution in [3.8, 4) is 0 Å². The summed E-state index contributed by atoms with van der Waals surface area (Å²) in [7, 11) is 0. The number of carbonyl (C=O) groups is 1. The van der Waals surface area contributed by atoms with E-state index in [2.05, 4.69) is 10.3 Å². The number of nitrogens with zero attached hydrogens (tertiary/aromatic N) is 2. The number of allylic oxidation sites excluding steroid dienone is 2. The number of hydrogen-bond acceptors (Lipinski definition) is 4. The predicted octanol–water partition coefficient (Wildman–Crippen LogP) is 4.24. The van der Waals surface area contributed by atoms with Gasteiger partial charge in [0.25, 0.3) is 5.92 Å². The zero-order chi connectivity index (χ0) is 20.9. The van der Waals surface area contributed by atoms with Crippen molar-refractivity contribution in [2.45, 2.75) is 19.4 Å². The van der Waals surface area contributed by atoms with Crippen LogP contribution in [0.5, 0.6) is 0 Å². The maximum absolute atomic E-state index is 12.9. The Morgan fingerprint density at radius 3 is 2.62 bits per heavy atom. The number of amides is 1. The summed E-state index contributed by atoms with van der Waals surface area (Å²) in [4.78, 5) is 18.0. The lowest BCUT2D eigenvalue weighted by molar-refractivity contribution is -0.133. The molecule has 0 atom stereocenters. The molecular formula is C22H22F2N4O. The lowest BCUT2D eigenvalue weighted by Gasteiger charge is -2.38. The highest BCUT2D eigenvalue weighted by atomic mass is 19.3. The predicted molar refractivity (Wildman–Crippen MR) is 111 cm³/mol. The Balaban J connectivity index is 1.59. The van der Waals surface area contributed by atoms with Crippen LogP contribution in [0, 0.1) is 5.41 Å². The van der Waals surface area contributed by atoms with Crippen molar-refractivity contribution in [3.05, 3.63) is 71.6 Å². The Bertz CT molecular complexity index is 944. The fourth-order valence-corrected chi connectivity index (χ4v) is 3.14. The van der Waals surface area contributed by atoms with E-state index in [4.69, 9.17) is 5.41 Å². The third-order valence-electron chi connectivity index (χ3n) is 4.58. The number of aromatic nitrogens is 1. The van der Waals surface area contributed by atoms with Gasteiger partial charge < -0.3 is 10.7 Å². The molecule has 1 aromatic carbocycles. The maximum atomic E-state index is 12.9. The van der Waals surface area contributed by atoms with E-state index in [0.29, 0.717) is 12.2 Å². The number of benzene rings is 1. The van der Waals surface area contributed by atoms with Gasteiger partial charge in [0.2, 0.25) is 5.91 Å². The van der Waals surface area contributed by atoms with Gasteiger partial charge in [-0.3, -0.25) is 14.7 Å². The number of alkyl halides is 2. The van der Waals surface area contributed by atoms with Crippen LogP contribution in [-0.4, -0.2) is 41.0 Å². The normalized spacial score (nSPS) is 16.4. The van der Waals surface area contributed by atoms with Gasteiger partial charge in [-0.15, -0.1) is 0 Å². The van der Waals surface area contributed by atoms with Gasteiger partial charge in [-0.05, 0) is 47.9 Å². The molecule has 2 N–H and O–H groups in total. The molecule has 3 rings (SSSR count). The second-order valence-electron chi connectivity index (χ2n) is 6.87. The van der Waals surface area contributed by atoms with Crippen molar-refractivity contribution in [1.82, 2.24) is 9.88 Å². The average molecular weight is 396 g/mol. The van der Waals surface area contributed by atoms with E-state index in [1.54, 1.807) is 41.6 Å². The zero-order valence-corrected chi connectivity index (χ0v) is 16.0. The fourth-order valence-electron chi connectivity index (χ4n) is 3.14. The molecule has 0 saturated carbocycles. The smallest absolute Gasteiger partial charge is 0.272 e. The largest absolute Gasteiger partial charge is 0.323 e. The van der Waals surface area contributed by atoms with E-state index in [-0.39, 0.29) is 19.0 Å². The summed E-state index contributed by atoms with van der Waals surface area (Å²) in [5.74, 6) is -2.87. The Morgan fingerprint density at radius 2 is 2.00 bits per heavy atom. The van der Waals surface area contributed by atoms with Crippen molar-refractivity contribution in [1.29, 1.82) is 5.41 Å². The van der Waals surface area contributed by atoms with E-state index in [0.717, 1.165) is 22.3 Å². The number of likely N-dealkylation sites (tertiary alicyclic amines) is 1. The van der Waals surface area contributed by atoms with Crippen molar-refractivity contribution in [2.24, 2.45) is 0 Å². The Kier molecular flexibility index (Phi) is 6.29. The summed E-state index contributed by atoms with van der Waals surface area (Å²) in [6.45, 7) is 1.89. The molecule has 7 heteroatoms. The molecule has 0 unspecified atom stereocenters. The number of rotatable bonds is 7. The van der Waals surface area contributed by atoms with Gasteiger partial charge in [-0.2, -0.15) is 0 Å². The molecule has 1 aliphatic heterocycles. The summed E-state index contributed by atoms with van der Waals surface area (Å²) in [6.07, 6.45) is 9.43. The Labute approximate surface area is 168 Å². The van der Waals surface area contributed by atoms with E-state index in [9.17, 15) is 13.6 Å². The van der Waals surface area contributed by atoms with Crippen LogP contribution < -0.4 is 5.32 Å². The van der Waals surface area contributed by atoms with Crippen LogP contribution >= 0.6 is 0 Å². The number of pyridine rings is 1. The van der Waals surface area contributed by atoms with Gasteiger partial charge in [-0.25, -0.2) is 8.78 Å². The molecule has 1 fully saturated rings. The standard InChI is InChI=1S/C22H22F2N4O/c1-2-17(11-25)20-9-10-26-12-18(20)5-8-21(29)27-19-6-3-16(4-7-19)13-28-14-22(23,24)15-28/h2-12,25H,13-15H2,1H3,(H,27,29)/b8-5+,17-2+,25-11?. The number of hydrogen-bond donors (Lipinski definition) is 2. The Hall–Kier alpha value is -3.19. The van der Waals surface area contributed by atoms with Crippen molar-refractivity contribution < 1.29 is 13.6 Å². The van der Waals surface area contributed by atoms with Gasteiger partial charge in [0, 0.05) is 42.5 Å². The molecule has 0 aliphatic carbocycles. The molecule has 0 spiro atoms. The van der Waals surface area contributed by atoms with E-state index >= 15 is 0 Å². The third kappa shape index (κ3) is 5.42. The van der Waals surface area contributed by atoms with Crippen LogP contribution in [0.25, 0.3) is 11.6 Å². The van der Waals surface area contributed by atoms with E-state index in [1.165, 1.54) is 12.3 Å². The first-order valence-electron chi connectivity index (χ1n) is 9.19. The number of anilines is 1. The second-order valence-corrected chi connectivity index (χ2v) is 6.87. The highest BCUT2D eigenvalue weighted by molar-refractivity contribution is 6.10. The van der Waals surface area contributed by atoms with Crippen molar-refractivity contribution in [3.63, 3.8) is 0 Å². The third-order valence-corrected chi connectivity index (χ3v) is 4.58. The first-order chi connectivity index (χ1) is 13.9. The molecule has 2 heterocycles. The summed E-state index contributed by atoms with van der Waals surface area (Å²) >= 11 is 0. The number of carbonyl (C=O) groups excluding carboxylic acids is 1. The summed E-state index contributed by atoms with van der Waals surface area (Å²) in [5, 5.41) is 10.3. The molecular weight excluding hydrogens is 374 g/mol. The fraction of sp³-hybridized carbons (Fsp3) is 0.227. The molecule has 150 valence electrons. The monoisotopic (exact) mass is 396 g/mol. The van der Waals surface area contributed by atoms with Crippen LogP contribution in [0.15, 0.2) is 54.9 Å². The topological polar surface area (TPSA) is 69.1 Å². The molecule has 0 bridgehead atoms. The van der Waals surface area contributed by atoms with Crippen LogP contribution in [0.4, 0.5) is 14.5 Å². The highest BCUT2D eigenvalue weighted by Crippen LogP contribution is 2.28. The summed E-state index contributed by atoms with van der Waals surface area (Å²) < 4.78 is 25.8. The van der Waals surface area contributed by atoms with Gasteiger partial charge in [-0.1, -0.05) is 18.2 Å². The first kappa shape index (κ1) is 20.5. The molecule has 5 nitrogen and oxygen atoms in total. The van der Waals surface area contributed by atoms with Crippen LogP contribution in [-0.2, 0) is 11.3 Å². The van der Waals surface area contributed by atoms with E-state index < -0.39 is 5.92 Å². The highest BCUT2D eigenvalue weighted by Gasteiger charge is 2.43. The van der Waals surface area contributed by atoms with Crippen LogP contribution in [0.3, 0.4) is 0 Å². The number of nitrogens with one attached hydrogen (secondary N) is 2. The minimum Gasteiger partial charge on any atom is -0.323 e. The average Bonchev–Trinajstić information content (AvgIpc) is 2.68. The maximum Gasteiger partial charge on any atom is 0.272 e. The quantitative estimate of drug-likeness (QED) is 0.543. The summed E-state index contributed by atoms with van der Waals surface area (Å²) in [6, 6.07) is 8.93. The van der Waals surface area contributed by atoms with Gasteiger partial charge in [0.1, 0.15) is 0 Å². The van der Waals surface area contributed by atoms with Crippen molar-refractivity contribution in [2.75, 3.05) is 18.4 Å². The lowest BCUT2D eigenvalue weighted by atomic mass is 10.0. The zero-order valence-electron chi connectivity index (χ0n) is 16.0. The van der Waals surface area contributed by atoms with Gasteiger partial charge >= 0.3 is 0 Å². The minimum atomic E-state index is -2.57. The SMILES string of the molecule is C/C=C(\C=N)c1ccncc1/C=C/C(=O)Nc1ccc(CN2CC(F)(F)C2)cc1. The van der Waals surface area contributed by atoms with Crippen LogP contribution in [0.1, 0.15) is 23.6 Å². The van der Waals surface area contributed by atoms with Crippen LogP contribution in [0.2, 0.25) is 0 Å². The van der Waals surface area contributed by atoms with Gasteiger partial charge in [0.15, 0.2) is 0 Å². The molecule has 1 amide bonds. The summed E-state index contributed by atoms with van der Waals surface area (Å²) in [5.41, 5.74) is 3.84. The minimum absolute atomic E-state index is 0.209.